The first-order valence-electron chi connectivity index (χ1n) is 12.0. The molecule has 1 aromatic carbocycles. The van der Waals surface area contributed by atoms with E-state index in [1.165, 1.54) is 6.08 Å². The van der Waals surface area contributed by atoms with Crippen molar-refractivity contribution in [3.63, 3.8) is 0 Å². The van der Waals surface area contributed by atoms with Crippen LogP contribution in [0, 0.1) is 40.1 Å². The van der Waals surface area contributed by atoms with Gasteiger partial charge in [-0.2, -0.15) is 18.2 Å². The summed E-state index contributed by atoms with van der Waals surface area (Å²) in [6.45, 7) is 2.71. The highest BCUT2D eigenvalue weighted by Crippen LogP contribution is 2.74. The molecule has 4 aliphatic rings. The first kappa shape index (κ1) is 24.1. The summed E-state index contributed by atoms with van der Waals surface area (Å²) in [6, 6.07) is -0.303. The molecule has 3 unspecified atom stereocenters. The van der Waals surface area contributed by atoms with Crippen LogP contribution in [-0.4, -0.2) is 55.8 Å². The average molecular weight is 526 g/mol. The summed E-state index contributed by atoms with van der Waals surface area (Å²) in [4.78, 5) is 6.10. The highest BCUT2D eigenvalue weighted by Gasteiger charge is 2.77. The molecule has 1 spiro atoms. The van der Waals surface area contributed by atoms with Crippen molar-refractivity contribution in [3.8, 4) is 0 Å². The third-order valence-corrected chi connectivity index (χ3v) is 8.46. The minimum Gasteiger partial charge on any atom is -0.495 e. The molecule has 37 heavy (non-hydrogen) atoms. The molecule has 2 aliphatic carbocycles. The highest BCUT2D eigenvalue weighted by molar-refractivity contribution is 5.90. The van der Waals surface area contributed by atoms with Gasteiger partial charge in [-0.1, -0.05) is 6.07 Å². The van der Waals surface area contributed by atoms with Gasteiger partial charge in [0.15, 0.2) is 23.3 Å². The molecular weight excluding hydrogens is 502 g/mol. The van der Waals surface area contributed by atoms with Crippen LogP contribution >= 0.6 is 0 Å². The fourth-order valence-corrected chi connectivity index (χ4v) is 6.69. The number of rotatable bonds is 5. The molecule has 0 bridgehead atoms. The Labute approximate surface area is 207 Å². The van der Waals surface area contributed by atoms with Gasteiger partial charge in [0.05, 0.1) is 0 Å². The Morgan fingerprint density at radius 1 is 1.19 bits per heavy atom. The van der Waals surface area contributed by atoms with Gasteiger partial charge in [-0.3, -0.25) is 0 Å². The van der Waals surface area contributed by atoms with Crippen LogP contribution in [-0.2, 0) is 0 Å². The number of benzene rings is 1. The standard InChI is InChI=1S/C24H24F6N6O/c1-10(31)6-17(37)35-8-14-20(13-7-23(13,14)9-35)32-22-33-21-12(11-2-4-15(25)19(27)18(11)26)3-5-16(24(28,29)30)36(21)34-22/h2,4,6,12-14,16,20,31,37H,3,5,7-9H2,1H3,(H,32,34)/b17-6-,31-10?/t12?,13-,14-,16?,20+,23?/m0/s1. The minimum absolute atomic E-state index is 0.0145. The van der Waals surface area contributed by atoms with Crippen molar-refractivity contribution >= 4 is 11.7 Å². The van der Waals surface area contributed by atoms with Crippen LogP contribution in [0.5, 0.6) is 0 Å². The lowest BCUT2D eigenvalue weighted by molar-refractivity contribution is -0.175. The van der Waals surface area contributed by atoms with E-state index in [9.17, 15) is 31.4 Å². The van der Waals surface area contributed by atoms with Crippen LogP contribution in [0.2, 0.25) is 0 Å². The second kappa shape index (κ2) is 7.87. The molecule has 1 aromatic heterocycles. The summed E-state index contributed by atoms with van der Waals surface area (Å²) >= 11 is 0. The van der Waals surface area contributed by atoms with Gasteiger partial charge in [0.1, 0.15) is 11.9 Å². The zero-order chi connectivity index (χ0) is 26.4. The van der Waals surface area contributed by atoms with Crippen molar-refractivity contribution < 1.29 is 31.4 Å². The Morgan fingerprint density at radius 2 is 1.95 bits per heavy atom. The number of aliphatic hydroxyl groups excluding tert-OH is 1. The van der Waals surface area contributed by atoms with Crippen molar-refractivity contribution in [3.05, 3.63) is 52.9 Å². The second-order valence-electron chi connectivity index (χ2n) is 10.6. The third-order valence-electron chi connectivity index (χ3n) is 8.46. The first-order valence-corrected chi connectivity index (χ1v) is 12.0. The summed E-state index contributed by atoms with van der Waals surface area (Å²) in [6.07, 6.45) is -2.92. The van der Waals surface area contributed by atoms with E-state index in [0.717, 1.165) is 23.2 Å². The van der Waals surface area contributed by atoms with Crippen molar-refractivity contribution in [1.29, 1.82) is 5.41 Å². The molecule has 13 heteroatoms. The van der Waals surface area contributed by atoms with Gasteiger partial charge >= 0.3 is 6.18 Å². The molecule has 3 heterocycles. The Morgan fingerprint density at radius 3 is 2.65 bits per heavy atom. The maximum absolute atomic E-state index is 14.6. The molecule has 1 saturated heterocycles. The van der Waals surface area contributed by atoms with Crippen LogP contribution in [0.3, 0.4) is 0 Å². The number of hydrogen-bond acceptors (Lipinski definition) is 6. The number of alkyl halides is 3. The Bertz CT molecular complexity index is 1320. The number of hydrogen-bond donors (Lipinski definition) is 3. The molecule has 2 aliphatic heterocycles. The molecule has 198 valence electrons. The number of fused-ring (bicyclic) bond motifs is 1. The topological polar surface area (TPSA) is 90.1 Å². The van der Waals surface area contributed by atoms with Crippen molar-refractivity contribution in [1.82, 2.24) is 19.7 Å². The normalized spacial score (nSPS) is 32.4. The van der Waals surface area contributed by atoms with Gasteiger partial charge in [0, 0.05) is 48.3 Å². The summed E-state index contributed by atoms with van der Waals surface area (Å²) in [7, 11) is 0. The van der Waals surface area contributed by atoms with Crippen molar-refractivity contribution in [2.45, 2.75) is 50.4 Å². The molecule has 6 rings (SSSR count). The fraction of sp³-hybridized carbons (Fsp3) is 0.542. The van der Waals surface area contributed by atoms with E-state index in [0.29, 0.717) is 13.1 Å². The Hall–Kier alpha value is -3.25. The van der Waals surface area contributed by atoms with Crippen LogP contribution in [0.15, 0.2) is 24.1 Å². The number of aromatic nitrogens is 3. The molecule has 0 amide bonds. The summed E-state index contributed by atoms with van der Waals surface area (Å²) in [5, 5.41) is 25.1. The summed E-state index contributed by atoms with van der Waals surface area (Å²) < 4.78 is 84.1. The van der Waals surface area contributed by atoms with E-state index < -0.39 is 42.0 Å². The lowest BCUT2D eigenvalue weighted by Gasteiger charge is -2.38. The van der Waals surface area contributed by atoms with Crippen LogP contribution in [0.25, 0.3) is 0 Å². The Balaban J connectivity index is 1.29. The number of halogens is 6. The molecule has 0 radical (unpaired) electrons. The number of likely N-dealkylation sites (tertiary alicyclic amines) is 1. The summed E-state index contributed by atoms with van der Waals surface area (Å²) in [5.41, 5.74) is -0.0318. The van der Waals surface area contributed by atoms with Gasteiger partial charge < -0.3 is 20.7 Å². The van der Waals surface area contributed by atoms with E-state index in [1.54, 1.807) is 11.8 Å². The first-order chi connectivity index (χ1) is 17.4. The molecular formula is C24H24F6N6O. The van der Waals surface area contributed by atoms with E-state index in [4.69, 9.17) is 5.41 Å². The zero-order valence-corrected chi connectivity index (χ0v) is 19.7. The maximum Gasteiger partial charge on any atom is 0.410 e. The second-order valence-corrected chi connectivity index (χ2v) is 10.6. The van der Waals surface area contributed by atoms with Crippen LogP contribution in [0.1, 0.15) is 49.5 Å². The lowest BCUT2D eigenvalue weighted by atomic mass is 9.71. The van der Waals surface area contributed by atoms with Crippen LogP contribution in [0.4, 0.5) is 32.3 Å². The van der Waals surface area contributed by atoms with Gasteiger partial charge in [-0.15, -0.1) is 5.10 Å². The highest BCUT2D eigenvalue weighted by atomic mass is 19.4. The van der Waals surface area contributed by atoms with Gasteiger partial charge in [-0.05, 0) is 43.6 Å². The number of allylic oxidation sites excluding steroid dienone is 1. The van der Waals surface area contributed by atoms with Gasteiger partial charge in [-0.25, -0.2) is 17.9 Å². The lowest BCUT2D eigenvalue weighted by Crippen LogP contribution is -2.47. The number of nitrogens with one attached hydrogen (secondary N) is 2. The molecule has 3 fully saturated rings. The number of anilines is 1. The minimum atomic E-state index is -4.62. The van der Waals surface area contributed by atoms with Crippen molar-refractivity contribution in [2.24, 2.45) is 17.3 Å². The fourth-order valence-electron chi connectivity index (χ4n) is 6.69. The van der Waals surface area contributed by atoms with E-state index >= 15 is 0 Å². The predicted molar refractivity (Wildman–Crippen MR) is 120 cm³/mol. The number of nitrogens with zero attached hydrogens (tertiary/aromatic N) is 4. The summed E-state index contributed by atoms with van der Waals surface area (Å²) in [5.74, 6) is -5.34. The van der Waals surface area contributed by atoms with E-state index in [2.05, 4.69) is 15.4 Å². The molecule has 2 aromatic rings. The monoisotopic (exact) mass is 526 g/mol. The van der Waals surface area contributed by atoms with Crippen LogP contribution < -0.4 is 5.32 Å². The predicted octanol–water partition coefficient (Wildman–Crippen LogP) is 4.90. The zero-order valence-electron chi connectivity index (χ0n) is 19.7. The van der Waals surface area contributed by atoms with E-state index in [-0.39, 0.29) is 58.6 Å². The number of aliphatic hydroxyl groups is 1. The molecule has 2 saturated carbocycles. The van der Waals surface area contributed by atoms with E-state index in [1.807, 2.05) is 0 Å². The molecule has 3 N–H and O–H groups in total. The van der Waals surface area contributed by atoms with Gasteiger partial charge in [0.25, 0.3) is 0 Å². The van der Waals surface area contributed by atoms with Crippen molar-refractivity contribution in [2.75, 3.05) is 18.4 Å². The molecule has 7 nitrogen and oxygen atoms in total. The Kier molecular flexibility index (Phi) is 5.13. The smallest absolute Gasteiger partial charge is 0.410 e. The maximum atomic E-state index is 14.6. The third kappa shape index (κ3) is 3.60. The van der Waals surface area contributed by atoms with Gasteiger partial charge in [0.2, 0.25) is 5.95 Å². The SMILES string of the molecule is CC(=N)/C=C(\O)N1C[C@H]2[C@H](Nc3nc4n(n3)C(C(F)(F)F)CCC4c3ccc(F)c(F)c3F)[C@@H]3CC23C1. The largest absolute Gasteiger partial charge is 0.495 e. The molecule has 6 atom stereocenters. The quantitative estimate of drug-likeness (QED) is 0.223. The average Bonchev–Trinajstić information content (AvgIpc) is 3.08.